The molecule has 31 heavy (non-hydrogen) atoms. The van der Waals surface area contributed by atoms with Crippen LogP contribution in [-0.2, 0) is 0 Å². The molecule has 0 saturated carbocycles. The smallest absolute Gasteiger partial charge is 0.266 e. The van der Waals surface area contributed by atoms with Gasteiger partial charge in [-0.25, -0.2) is 4.90 Å². The quantitative estimate of drug-likeness (QED) is 0.306. The Bertz CT molecular complexity index is 1240. The van der Waals surface area contributed by atoms with Gasteiger partial charge in [-0.05, 0) is 68.3 Å². The molecule has 1 aliphatic heterocycles. The number of methoxy groups -OCH3 is 1. The molecule has 3 aromatic rings. The number of hydrogen-bond donors (Lipinski definition) is 1. The van der Waals surface area contributed by atoms with E-state index in [1.54, 1.807) is 42.5 Å². The molecule has 156 valence electrons. The van der Waals surface area contributed by atoms with E-state index >= 15 is 0 Å². The number of nitrogens with zero attached hydrogens (tertiary/aromatic N) is 2. The Morgan fingerprint density at radius 2 is 1.71 bits per heavy atom. The average Bonchev–Trinajstić information content (AvgIpc) is 3.02. The van der Waals surface area contributed by atoms with Gasteiger partial charge >= 0.3 is 0 Å². The number of amides is 2. The second-order valence-electron chi connectivity index (χ2n) is 6.52. The summed E-state index contributed by atoms with van der Waals surface area (Å²) >= 11 is 13.2. The molecule has 0 aliphatic carbocycles. The van der Waals surface area contributed by atoms with Crippen molar-refractivity contribution < 1.29 is 19.4 Å². The summed E-state index contributed by atoms with van der Waals surface area (Å²) in [6, 6.07) is 13.0. The number of hydrogen-bond acceptors (Lipinski definition) is 5. The number of carbonyl (C=O) groups excluding carboxylic acids is 2. The molecule has 0 bridgehead atoms. The molecule has 1 aliphatic rings. The SMILES string of the molecule is COc1cc(Br)c(Br)c(C=Nc2ccc(N3C(=O)c4ccccc4C3=O)cc2Cl)c1O. The Labute approximate surface area is 199 Å². The molecule has 0 unspecified atom stereocenters. The first kappa shape index (κ1) is 21.5. The van der Waals surface area contributed by atoms with E-state index in [0.717, 1.165) is 4.90 Å². The summed E-state index contributed by atoms with van der Waals surface area (Å²) in [5.74, 6) is -0.602. The molecule has 3 aromatic carbocycles. The lowest BCUT2D eigenvalue weighted by Crippen LogP contribution is -2.29. The van der Waals surface area contributed by atoms with Crippen LogP contribution < -0.4 is 9.64 Å². The van der Waals surface area contributed by atoms with Crippen LogP contribution >= 0.6 is 43.5 Å². The van der Waals surface area contributed by atoms with Crippen molar-refractivity contribution in [1.82, 2.24) is 0 Å². The summed E-state index contributed by atoms with van der Waals surface area (Å²) in [4.78, 5) is 30.8. The lowest BCUT2D eigenvalue weighted by Gasteiger charge is -2.14. The summed E-state index contributed by atoms with van der Waals surface area (Å²) in [5, 5.41) is 10.6. The van der Waals surface area contributed by atoms with Gasteiger partial charge in [0, 0.05) is 15.2 Å². The molecule has 0 radical (unpaired) electrons. The Morgan fingerprint density at radius 3 is 2.29 bits per heavy atom. The van der Waals surface area contributed by atoms with Gasteiger partial charge in [0.15, 0.2) is 11.5 Å². The van der Waals surface area contributed by atoms with Gasteiger partial charge in [-0.2, -0.15) is 0 Å². The van der Waals surface area contributed by atoms with Crippen molar-refractivity contribution in [2.75, 3.05) is 12.0 Å². The third-order valence-electron chi connectivity index (χ3n) is 4.73. The largest absolute Gasteiger partial charge is 0.504 e. The first-order valence-corrected chi connectivity index (χ1v) is 10.9. The van der Waals surface area contributed by atoms with Crippen LogP contribution in [0.15, 0.2) is 62.5 Å². The number of benzene rings is 3. The Balaban J connectivity index is 1.67. The van der Waals surface area contributed by atoms with Gasteiger partial charge in [0.05, 0.1) is 40.2 Å². The van der Waals surface area contributed by atoms with E-state index in [0.29, 0.717) is 37.0 Å². The summed E-state index contributed by atoms with van der Waals surface area (Å²) in [6.45, 7) is 0. The normalized spacial score (nSPS) is 13.2. The number of imide groups is 1. The molecule has 0 aromatic heterocycles. The van der Waals surface area contributed by atoms with E-state index in [1.165, 1.54) is 19.4 Å². The lowest BCUT2D eigenvalue weighted by molar-refractivity contribution is 0.0926. The molecule has 0 saturated heterocycles. The third-order valence-corrected chi connectivity index (χ3v) is 7.04. The Morgan fingerprint density at radius 1 is 1.06 bits per heavy atom. The summed E-state index contributed by atoms with van der Waals surface area (Å²) in [7, 11) is 1.45. The van der Waals surface area contributed by atoms with Crippen LogP contribution in [0.5, 0.6) is 11.5 Å². The van der Waals surface area contributed by atoms with Crippen molar-refractivity contribution in [1.29, 1.82) is 0 Å². The number of phenolic OH excluding ortho intramolecular Hbond substituents is 1. The predicted octanol–water partition coefficient (Wildman–Crippen LogP) is 6.13. The maximum Gasteiger partial charge on any atom is 0.266 e. The lowest BCUT2D eigenvalue weighted by atomic mass is 10.1. The Kier molecular flexibility index (Phi) is 5.88. The molecule has 2 amide bonds. The number of rotatable bonds is 4. The molecule has 0 fully saturated rings. The number of carbonyl (C=O) groups is 2. The minimum absolute atomic E-state index is 0.0832. The summed E-state index contributed by atoms with van der Waals surface area (Å²) in [6.07, 6.45) is 1.44. The molecule has 1 heterocycles. The van der Waals surface area contributed by atoms with Crippen LogP contribution in [0.4, 0.5) is 11.4 Å². The van der Waals surface area contributed by atoms with Crippen molar-refractivity contribution >= 4 is 72.9 Å². The van der Waals surface area contributed by atoms with E-state index in [2.05, 4.69) is 36.9 Å². The van der Waals surface area contributed by atoms with Crippen LogP contribution in [0, 0.1) is 0 Å². The van der Waals surface area contributed by atoms with E-state index in [9.17, 15) is 14.7 Å². The molecule has 1 N–H and O–H groups in total. The number of fused-ring (bicyclic) bond motifs is 1. The van der Waals surface area contributed by atoms with Crippen molar-refractivity contribution in [2.24, 2.45) is 4.99 Å². The minimum atomic E-state index is -0.400. The van der Waals surface area contributed by atoms with Crippen LogP contribution in [0.1, 0.15) is 26.3 Å². The summed E-state index contributed by atoms with van der Waals surface area (Å²) in [5.41, 5.74) is 1.85. The highest BCUT2D eigenvalue weighted by atomic mass is 79.9. The van der Waals surface area contributed by atoms with Crippen LogP contribution in [0.25, 0.3) is 0 Å². The molecular weight excluding hydrogens is 552 g/mol. The van der Waals surface area contributed by atoms with Gasteiger partial charge in [0.1, 0.15) is 0 Å². The van der Waals surface area contributed by atoms with Gasteiger partial charge in [-0.3, -0.25) is 14.6 Å². The fraction of sp³-hybridized carbons (Fsp3) is 0.0455. The molecule has 6 nitrogen and oxygen atoms in total. The minimum Gasteiger partial charge on any atom is -0.504 e. The van der Waals surface area contributed by atoms with Crippen molar-refractivity contribution in [3.05, 3.63) is 79.2 Å². The predicted molar refractivity (Wildman–Crippen MR) is 126 cm³/mol. The first-order valence-electron chi connectivity index (χ1n) is 8.90. The number of phenols is 1. The zero-order valence-corrected chi connectivity index (χ0v) is 19.8. The number of ether oxygens (including phenoxy) is 1. The fourth-order valence-corrected chi connectivity index (χ4v) is 4.23. The number of anilines is 1. The van der Waals surface area contributed by atoms with Gasteiger partial charge in [0.2, 0.25) is 0 Å². The molecule has 4 rings (SSSR count). The van der Waals surface area contributed by atoms with Crippen molar-refractivity contribution in [3.8, 4) is 11.5 Å². The van der Waals surface area contributed by atoms with E-state index in [-0.39, 0.29) is 16.5 Å². The van der Waals surface area contributed by atoms with Gasteiger partial charge in [-0.1, -0.05) is 23.7 Å². The third kappa shape index (κ3) is 3.75. The molecule has 0 atom stereocenters. The second kappa shape index (κ2) is 8.45. The standard InChI is InChI=1S/C22H13Br2ClN2O4/c1-31-18-9-15(23)19(24)14(20(18)28)10-26-17-7-6-11(8-16(17)25)27-21(29)12-4-2-3-5-13(12)22(27)30/h2-10,28H,1H3. The monoisotopic (exact) mass is 562 g/mol. The zero-order chi connectivity index (χ0) is 22.3. The maximum absolute atomic E-state index is 12.7. The number of halogens is 3. The highest BCUT2D eigenvalue weighted by Crippen LogP contribution is 2.40. The molecule has 9 heteroatoms. The van der Waals surface area contributed by atoms with Gasteiger partial charge in [0.25, 0.3) is 11.8 Å². The number of aromatic hydroxyl groups is 1. The second-order valence-corrected chi connectivity index (χ2v) is 8.58. The van der Waals surface area contributed by atoms with Crippen LogP contribution in [0.2, 0.25) is 5.02 Å². The molecular formula is C22H13Br2ClN2O4. The van der Waals surface area contributed by atoms with E-state index < -0.39 is 11.8 Å². The van der Waals surface area contributed by atoms with Gasteiger partial charge < -0.3 is 9.84 Å². The fourth-order valence-electron chi connectivity index (χ4n) is 3.18. The average molecular weight is 565 g/mol. The zero-order valence-electron chi connectivity index (χ0n) is 15.9. The van der Waals surface area contributed by atoms with Crippen molar-refractivity contribution in [2.45, 2.75) is 0 Å². The van der Waals surface area contributed by atoms with E-state index in [4.69, 9.17) is 16.3 Å². The highest BCUT2D eigenvalue weighted by molar-refractivity contribution is 9.13. The summed E-state index contributed by atoms with van der Waals surface area (Å²) < 4.78 is 6.43. The van der Waals surface area contributed by atoms with Crippen molar-refractivity contribution in [3.63, 3.8) is 0 Å². The van der Waals surface area contributed by atoms with E-state index in [1.807, 2.05) is 0 Å². The Hall–Kier alpha value is -2.68. The first-order chi connectivity index (χ1) is 14.8. The maximum atomic E-state index is 12.7. The topological polar surface area (TPSA) is 79.2 Å². The van der Waals surface area contributed by atoms with Crippen LogP contribution in [0.3, 0.4) is 0 Å². The molecule has 0 spiro atoms. The van der Waals surface area contributed by atoms with Crippen LogP contribution in [-0.4, -0.2) is 30.2 Å². The number of aliphatic imine (C=N–C) groups is 1. The highest BCUT2D eigenvalue weighted by Gasteiger charge is 2.36. The van der Waals surface area contributed by atoms with Gasteiger partial charge in [-0.15, -0.1) is 0 Å².